The second-order valence-electron chi connectivity index (χ2n) is 6.07. The van der Waals surface area contributed by atoms with Crippen molar-refractivity contribution in [2.75, 3.05) is 24.6 Å². The van der Waals surface area contributed by atoms with E-state index in [-0.39, 0.29) is 5.56 Å². The highest BCUT2D eigenvalue weighted by molar-refractivity contribution is 6.30. The zero-order chi connectivity index (χ0) is 16.9. The first kappa shape index (κ1) is 16.7. The third-order valence-electron chi connectivity index (χ3n) is 4.30. The summed E-state index contributed by atoms with van der Waals surface area (Å²) in [6.07, 6.45) is 2.27. The van der Waals surface area contributed by atoms with Gasteiger partial charge in [-0.2, -0.15) is 0 Å². The summed E-state index contributed by atoms with van der Waals surface area (Å²) in [7, 11) is 0. The maximum atomic E-state index is 10.9. The van der Waals surface area contributed by atoms with Crippen LogP contribution in [0.4, 0.5) is 5.69 Å². The number of ether oxygens (including phenoxy) is 1. The first-order valence-corrected chi connectivity index (χ1v) is 8.46. The minimum Gasteiger partial charge on any atom is -0.493 e. The molecule has 1 heterocycles. The van der Waals surface area contributed by atoms with E-state index in [0.717, 1.165) is 31.0 Å². The number of carbonyl (C=O) groups is 1. The molecule has 0 bridgehead atoms. The number of anilines is 1. The summed E-state index contributed by atoms with van der Waals surface area (Å²) in [6, 6.07) is 14.5. The molecule has 1 N–H and O–H groups in total. The lowest BCUT2D eigenvalue weighted by Crippen LogP contribution is -2.37. The molecule has 5 heteroatoms. The van der Waals surface area contributed by atoms with Crippen molar-refractivity contribution in [2.24, 2.45) is 5.92 Å². The lowest BCUT2D eigenvalue weighted by molar-refractivity contribution is 0.0697. The normalized spacial score (nSPS) is 17.5. The highest BCUT2D eigenvalue weighted by Gasteiger charge is 2.20. The third-order valence-corrected chi connectivity index (χ3v) is 4.55. The van der Waals surface area contributed by atoms with Gasteiger partial charge >= 0.3 is 5.97 Å². The maximum Gasteiger partial charge on any atom is 0.335 e. The van der Waals surface area contributed by atoms with Gasteiger partial charge in [0.2, 0.25) is 0 Å². The molecule has 0 radical (unpaired) electrons. The van der Waals surface area contributed by atoms with Crippen LogP contribution in [0.5, 0.6) is 5.75 Å². The van der Waals surface area contributed by atoms with E-state index in [0.29, 0.717) is 18.3 Å². The van der Waals surface area contributed by atoms with Crippen LogP contribution in [-0.4, -0.2) is 30.8 Å². The van der Waals surface area contributed by atoms with E-state index in [1.165, 1.54) is 5.69 Å². The standard InChI is InChI=1S/C19H20ClNO3/c20-16-5-7-17(8-6-16)21-11-1-2-14(12-21)13-24-18-9-3-15(4-10-18)19(22)23/h3-10,14H,1-2,11-13H2,(H,22,23). The van der Waals surface area contributed by atoms with Crippen LogP contribution in [0.15, 0.2) is 48.5 Å². The SMILES string of the molecule is O=C(O)c1ccc(OCC2CCCN(c3ccc(Cl)cc3)C2)cc1. The smallest absolute Gasteiger partial charge is 0.335 e. The van der Waals surface area contributed by atoms with Gasteiger partial charge < -0.3 is 14.7 Å². The van der Waals surface area contributed by atoms with Gasteiger partial charge in [0.15, 0.2) is 0 Å². The minimum absolute atomic E-state index is 0.272. The second kappa shape index (κ2) is 7.58. The molecule has 1 aliphatic rings. The molecule has 0 amide bonds. The molecule has 2 aromatic carbocycles. The van der Waals surface area contributed by atoms with E-state index in [2.05, 4.69) is 17.0 Å². The van der Waals surface area contributed by atoms with E-state index in [9.17, 15) is 4.79 Å². The molecule has 1 aliphatic heterocycles. The molecule has 4 nitrogen and oxygen atoms in total. The van der Waals surface area contributed by atoms with Crippen LogP contribution >= 0.6 is 11.6 Å². The zero-order valence-corrected chi connectivity index (χ0v) is 14.1. The van der Waals surface area contributed by atoms with Crippen molar-refractivity contribution >= 4 is 23.3 Å². The monoisotopic (exact) mass is 345 g/mol. The quantitative estimate of drug-likeness (QED) is 0.876. The Morgan fingerprint density at radius 1 is 1.17 bits per heavy atom. The molecule has 3 rings (SSSR count). The first-order chi connectivity index (χ1) is 11.6. The summed E-state index contributed by atoms with van der Waals surface area (Å²) in [5, 5.41) is 9.66. The number of carboxylic acid groups (broad SMARTS) is 1. The summed E-state index contributed by atoms with van der Waals surface area (Å²) in [5.41, 5.74) is 1.46. The van der Waals surface area contributed by atoms with Crippen LogP contribution in [0.3, 0.4) is 0 Å². The topological polar surface area (TPSA) is 49.8 Å². The number of rotatable bonds is 5. The highest BCUT2D eigenvalue weighted by Crippen LogP contribution is 2.25. The number of carboxylic acids is 1. The Labute approximate surface area is 146 Å². The Kier molecular flexibility index (Phi) is 5.26. The van der Waals surface area contributed by atoms with Crippen LogP contribution in [0.1, 0.15) is 23.2 Å². The van der Waals surface area contributed by atoms with Crippen molar-refractivity contribution in [3.8, 4) is 5.75 Å². The van der Waals surface area contributed by atoms with E-state index >= 15 is 0 Å². The van der Waals surface area contributed by atoms with Gasteiger partial charge in [-0.3, -0.25) is 0 Å². The van der Waals surface area contributed by atoms with Gasteiger partial charge in [0.1, 0.15) is 5.75 Å². The number of hydrogen-bond donors (Lipinski definition) is 1. The lowest BCUT2D eigenvalue weighted by atomic mass is 9.98. The number of nitrogens with zero attached hydrogens (tertiary/aromatic N) is 1. The van der Waals surface area contributed by atoms with Crippen molar-refractivity contribution in [3.63, 3.8) is 0 Å². The van der Waals surface area contributed by atoms with Gasteiger partial charge in [-0.05, 0) is 61.4 Å². The van der Waals surface area contributed by atoms with Gasteiger partial charge in [-0.15, -0.1) is 0 Å². The van der Waals surface area contributed by atoms with Crippen molar-refractivity contribution < 1.29 is 14.6 Å². The van der Waals surface area contributed by atoms with E-state index in [4.69, 9.17) is 21.4 Å². The number of piperidine rings is 1. The van der Waals surface area contributed by atoms with Crippen LogP contribution in [-0.2, 0) is 0 Å². The van der Waals surface area contributed by atoms with Crippen LogP contribution < -0.4 is 9.64 Å². The molecule has 0 spiro atoms. The van der Waals surface area contributed by atoms with Gasteiger partial charge in [-0.1, -0.05) is 11.6 Å². The average molecular weight is 346 g/mol. The number of hydrogen-bond acceptors (Lipinski definition) is 3. The zero-order valence-electron chi connectivity index (χ0n) is 13.3. The Morgan fingerprint density at radius 3 is 2.54 bits per heavy atom. The Bertz CT molecular complexity index is 685. The Hall–Kier alpha value is -2.20. The summed E-state index contributed by atoms with van der Waals surface area (Å²) in [6.45, 7) is 2.64. The number of benzene rings is 2. The summed E-state index contributed by atoms with van der Waals surface area (Å²) in [4.78, 5) is 13.2. The van der Waals surface area contributed by atoms with Crippen molar-refractivity contribution in [3.05, 3.63) is 59.1 Å². The Morgan fingerprint density at radius 2 is 1.88 bits per heavy atom. The molecule has 1 fully saturated rings. The van der Waals surface area contributed by atoms with Crippen LogP contribution in [0.25, 0.3) is 0 Å². The van der Waals surface area contributed by atoms with E-state index in [1.807, 2.05) is 12.1 Å². The molecule has 1 atom stereocenters. The lowest BCUT2D eigenvalue weighted by Gasteiger charge is -2.34. The number of aromatic carboxylic acids is 1. The molecule has 2 aromatic rings. The molecule has 1 unspecified atom stereocenters. The van der Waals surface area contributed by atoms with Crippen molar-refractivity contribution in [1.29, 1.82) is 0 Å². The number of halogens is 1. The largest absolute Gasteiger partial charge is 0.493 e. The molecular formula is C19H20ClNO3. The first-order valence-electron chi connectivity index (χ1n) is 8.08. The van der Waals surface area contributed by atoms with Gasteiger partial charge in [0, 0.05) is 29.7 Å². The fourth-order valence-electron chi connectivity index (χ4n) is 3.00. The van der Waals surface area contributed by atoms with E-state index in [1.54, 1.807) is 24.3 Å². The van der Waals surface area contributed by atoms with Crippen molar-refractivity contribution in [2.45, 2.75) is 12.8 Å². The van der Waals surface area contributed by atoms with Gasteiger partial charge in [0.05, 0.1) is 12.2 Å². The second-order valence-corrected chi connectivity index (χ2v) is 6.51. The predicted molar refractivity (Wildman–Crippen MR) is 95.3 cm³/mol. The maximum absolute atomic E-state index is 10.9. The summed E-state index contributed by atoms with van der Waals surface area (Å²) >= 11 is 5.95. The molecular weight excluding hydrogens is 326 g/mol. The molecule has 24 heavy (non-hydrogen) atoms. The molecule has 1 saturated heterocycles. The summed E-state index contributed by atoms with van der Waals surface area (Å²) < 4.78 is 5.84. The molecule has 0 saturated carbocycles. The fourth-order valence-corrected chi connectivity index (χ4v) is 3.12. The highest BCUT2D eigenvalue weighted by atomic mass is 35.5. The van der Waals surface area contributed by atoms with Crippen molar-refractivity contribution in [1.82, 2.24) is 0 Å². The predicted octanol–water partition coefficient (Wildman–Crippen LogP) is 4.33. The van der Waals surface area contributed by atoms with Crippen LogP contribution in [0.2, 0.25) is 5.02 Å². The van der Waals surface area contributed by atoms with E-state index < -0.39 is 5.97 Å². The minimum atomic E-state index is -0.924. The molecule has 126 valence electrons. The van der Waals surface area contributed by atoms with Crippen LogP contribution in [0, 0.1) is 5.92 Å². The Balaban J connectivity index is 1.55. The van der Waals surface area contributed by atoms with Gasteiger partial charge in [0.25, 0.3) is 0 Å². The average Bonchev–Trinajstić information content (AvgIpc) is 2.61. The summed E-state index contributed by atoms with van der Waals surface area (Å²) in [5.74, 6) is 0.240. The molecule has 0 aliphatic carbocycles. The van der Waals surface area contributed by atoms with Gasteiger partial charge in [-0.25, -0.2) is 4.79 Å². The third kappa shape index (κ3) is 4.20. The fraction of sp³-hybridized carbons (Fsp3) is 0.316. The molecule has 0 aromatic heterocycles.